The second kappa shape index (κ2) is 3.92. The number of nitrogens with zero attached hydrogens (tertiary/aromatic N) is 1. The van der Waals surface area contributed by atoms with Crippen LogP contribution in [-0.4, -0.2) is 28.8 Å². The average molecular weight is 248 g/mol. The number of carbonyl (C=O) groups excluding carboxylic acids is 2. The second-order valence-corrected chi connectivity index (χ2v) is 6.00. The molecule has 1 saturated carbocycles. The van der Waals surface area contributed by atoms with Crippen LogP contribution in [0.15, 0.2) is 12.2 Å². The number of likely N-dealkylation sites (tertiary alicyclic amines) is 1. The first-order valence-electron chi connectivity index (χ1n) is 6.82. The van der Waals surface area contributed by atoms with E-state index in [2.05, 4.69) is 0 Å². The third-order valence-electron chi connectivity index (χ3n) is 4.89. The molecule has 0 aromatic heterocycles. The molecule has 4 heteroatoms. The SMILES string of the molecule is CC(CN)(C1CC1)N1C(=O)[C@H]2CC=CC[C@H]2C1=O. The molecule has 98 valence electrons. The van der Waals surface area contributed by atoms with E-state index in [4.69, 9.17) is 5.73 Å². The minimum Gasteiger partial charge on any atom is -0.328 e. The summed E-state index contributed by atoms with van der Waals surface area (Å²) in [6, 6.07) is 0. The maximum absolute atomic E-state index is 12.5. The van der Waals surface area contributed by atoms with E-state index in [1.807, 2.05) is 19.1 Å². The lowest BCUT2D eigenvalue weighted by Crippen LogP contribution is -2.56. The van der Waals surface area contributed by atoms with Gasteiger partial charge in [-0.25, -0.2) is 0 Å². The zero-order valence-corrected chi connectivity index (χ0v) is 10.8. The minimum absolute atomic E-state index is 0.00852. The fourth-order valence-corrected chi connectivity index (χ4v) is 3.45. The summed E-state index contributed by atoms with van der Waals surface area (Å²) >= 11 is 0. The molecule has 3 atom stereocenters. The Morgan fingerprint density at radius 1 is 1.22 bits per heavy atom. The number of fused-ring (bicyclic) bond motifs is 1. The van der Waals surface area contributed by atoms with Crippen molar-refractivity contribution in [1.29, 1.82) is 0 Å². The first-order chi connectivity index (χ1) is 8.59. The van der Waals surface area contributed by atoms with Gasteiger partial charge in [0.15, 0.2) is 0 Å². The minimum atomic E-state index is -0.453. The topological polar surface area (TPSA) is 63.4 Å². The molecule has 2 aliphatic carbocycles. The molecule has 2 amide bonds. The van der Waals surface area contributed by atoms with Crippen LogP contribution in [0.2, 0.25) is 0 Å². The predicted octanol–water partition coefficient (Wildman–Crippen LogP) is 1.07. The van der Waals surface area contributed by atoms with Crippen molar-refractivity contribution in [2.24, 2.45) is 23.5 Å². The average Bonchev–Trinajstić information content (AvgIpc) is 3.19. The number of nitrogens with two attached hydrogens (primary N) is 1. The summed E-state index contributed by atoms with van der Waals surface area (Å²) in [7, 11) is 0. The van der Waals surface area contributed by atoms with Crippen LogP contribution < -0.4 is 5.73 Å². The standard InChI is InChI=1S/C14H20N2O2/c1-14(8-15,9-6-7-9)16-12(17)10-4-2-3-5-11(10)13(16)18/h2-3,9-11H,4-8,15H2,1H3/t10-,11+,14?. The third-order valence-corrected chi connectivity index (χ3v) is 4.89. The van der Waals surface area contributed by atoms with Crippen molar-refractivity contribution in [3.8, 4) is 0 Å². The monoisotopic (exact) mass is 248 g/mol. The Balaban J connectivity index is 1.93. The van der Waals surface area contributed by atoms with Crippen LogP contribution in [0.4, 0.5) is 0 Å². The van der Waals surface area contributed by atoms with Gasteiger partial charge in [0.25, 0.3) is 0 Å². The Hall–Kier alpha value is -1.16. The molecular formula is C14H20N2O2. The number of rotatable bonds is 3. The zero-order valence-electron chi connectivity index (χ0n) is 10.8. The lowest BCUT2D eigenvalue weighted by atomic mass is 9.85. The van der Waals surface area contributed by atoms with E-state index in [0.29, 0.717) is 25.3 Å². The Morgan fingerprint density at radius 3 is 2.11 bits per heavy atom. The summed E-state index contributed by atoms with van der Waals surface area (Å²) < 4.78 is 0. The molecule has 0 aromatic rings. The highest BCUT2D eigenvalue weighted by Gasteiger charge is 2.57. The van der Waals surface area contributed by atoms with Crippen molar-refractivity contribution in [2.45, 2.75) is 38.1 Å². The van der Waals surface area contributed by atoms with E-state index < -0.39 is 5.54 Å². The number of hydrogen-bond donors (Lipinski definition) is 1. The van der Waals surface area contributed by atoms with E-state index in [-0.39, 0.29) is 23.7 Å². The van der Waals surface area contributed by atoms with E-state index >= 15 is 0 Å². The highest BCUT2D eigenvalue weighted by molar-refractivity contribution is 6.06. The molecule has 0 bridgehead atoms. The normalized spacial score (nSPS) is 34.7. The summed E-state index contributed by atoms with van der Waals surface area (Å²) in [6.07, 6.45) is 7.62. The first-order valence-corrected chi connectivity index (χ1v) is 6.82. The summed E-state index contributed by atoms with van der Waals surface area (Å²) in [5.41, 5.74) is 5.43. The van der Waals surface area contributed by atoms with Crippen molar-refractivity contribution >= 4 is 11.8 Å². The Kier molecular flexibility index (Phi) is 2.59. The quantitative estimate of drug-likeness (QED) is 0.600. The Morgan fingerprint density at radius 2 is 1.72 bits per heavy atom. The van der Waals surface area contributed by atoms with Crippen LogP contribution >= 0.6 is 0 Å². The summed E-state index contributed by atoms with van der Waals surface area (Å²) in [5, 5.41) is 0. The maximum atomic E-state index is 12.5. The molecule has 1 aliphatic heterocycles. The Labute approximate surface area is 107 Å². The molecule has 3 rings (SSSR count). The lowest BCUT2D eigenvalue weighted by Gasteiger charge is -2.37. The molecule has 1 heterocycles. The predicted molar refractivity (Wildman–Crippen MR) is 67.4 cm³/mol. The van der Waals surface area contributed by atoms with Gasteiger partial charge in [-0.05, 0) is 38.5 Å². The molecule has 0 aromatic carbocycles. The zero-order chi connectivity index (χ0) is 12.9. The van der Waals surface area contributed by atoms with Gasteiger partial charge >= 0.3 is 0 Å². The fraction of sp³-hybridized carbons (Fsp3) is 0.714. The van der Waals surface area contributed by atoms with Gasteiger partial charge < -0.3 is 5.73 Å². The summed E-state index contributed by atoms with van der Waals surface area (Å²) in [6.45, 7) is 2.35. The summed E-state index contributed by atoms with van der Waals surface area (Å²) in [4.78, 5) is 26.5. The van der Waals surface area contributed by atoms with Crippen molar-refractivity contribution < 1.29 is 9.59 Å². The fourth-order valence-electron chi connectivity index (χ4n) is 3.45. The molecular weight excluding hydrogens is 228 g/mol. The van der Waals surface area contributed by atoms with Gasteiger partial charge in [-0.15, -0.1) is 0 Å². The van der Waals surface area contributed by atoms with Crippen LogP contribution in [0.25, 0.3) is 0 Å². The van der Waals surface area contributed by atoms with Crippen molar-refractivity contribution in [3.05, 3.63) is 12.2 Å². The highest BCUT2D eigenvalue weighted by atomic mass is 16.2. The van der Waals surface area contributed by atoms with E-state index in [1.165, 1.54) is 4.90 Å². The van der Waals surface area contributed by atoms with Gasteiger partial charge in [0, 0.05) is 6.54 Å². The molecule has 4 nitrogen and oxygen atoms in total. The van der Waals surface area contributed by atoms with Crippen LogP contribution in [-0.2, 0) is 9.59 Å². The largest absolute Gasteiger partial charge is 0.328 e. The van der Waals surface area contributed by atoms with Gasteiger partial charge in [0.05, 0.1) is 17.4 Å². The van der Waals surface area contributed by atoms with Crippen LogP contribution in [0.5, 0.6) is 0 Å². The van der Waals surface area contributed by atoms with Crippen LogP contribution in [0.1, 0.15) is 32.6 Å². The number of imide groups is 1. The van der Waals surface area contributed by atoms with Gasteiger partial charge in [-0.3, -0.25) is 14.5 Å². The Bertz CT molecular complexity index is 402. The lowest BCUT2D eigenvalue weighted by molar-refractivity contribution is -0.147. The van der Waals surface area contributed by atoms with E-state index in [1.54, 1.807) is 0 Å². The van der Waals surface area contributed by atoms with Gasteiger partial charge in [0.2, 0.25) is 11.8 Å². The molecule has 2 N–H and O–H groups in total. The highest BCUT2D eigenvalue weighted by Crippen LogP contribution is 2.47. The van der Waals surface area contributed by atoms with Crippen molar-refractivity contribution in [3.63, 3.8) is 0 Å². The number of amides is 2. The van der Waals surface area contributed by atoms with Gasteiger partial charge in [0.1, 0.15) is 0 Å². The van der Waals surface area contributed by atoms with Crippen LogP contribution in [0, 0.1) is 17.8 Å². The van der Waals surface area contributed by atoms with Crippen molar-refractivity contribution in [2.75, 3.05) is 6.54 Å². The second-order valence-electron chi connectivity index (χ2n) is 6.00. The molecule has 2 fully saturated rings. The third kappa shape index (κ3) is 1.48. The number of allylic oxidation sites excluding steroid dienone is 2. The van der Waals surface area contributed by atoms with Gasteiger partial charge in [-0.2, -0.15) is 0 Å². The number of carbonyl (C=O) groups is 2. The molecule has 18 heavy (non-hydrogen) atoms. The molecule has 3 aliphatic rings. The first kappa shape index (κ1) is 11.9. The maximum Gasteiger partial charge on any atom is 0.233 e. The molecule has 1 unspecified atom stereocenters. The summed E-state index contributed by atoms with van der Waals surface area (Å²) in [5.74, 6) is 0.158. The molecule has 0 spiro atoms. The van der Waals surface area contributed by atoms with Crippen LogP contribution in [0.3, 0.4) is 0 Å². The molecule has 1 saturated heterocycles. The van der Waals surface area contributed by atoms with E-state index in [9.17, 15) is 9.59 Å². The van der Waals surface area contributed by atoms with E-state index in [0.717, 1.165) is 12.8 Å². The van der Waals surface area contributed by atoms with Gasteiger partial charge in [-0.1, -0.05) is 12.2 Å². The van der Waals surface area contributed by atoms with Crippen molar-refractivity contribution in [1.82, 2.24) is 4.90 Å². The molecule has 0 radical (unpaired) electrons. The smallest absolute Gasteiger partial charge is 0.233 e. The number of hydrogen-bond acceptors (Lipinski definition) is 3.